The van der Waals surface area contributed by atoms with Crippen molar-refractivity contribution in [2.45, 2.75) is 20.3 Å². The van der Waals surface area contributed by atoms with Gasteiger partial charge in [-0.15, -0.1) is 0 Å². The second-order valence-corrected chi connectivity index (χ2v) is 7.96. The SMILES string of the molecule is COC(=O)c1cc(Cc2cc(Br)c(OC(C)=O)c(C(=O)OC)c2)cc(Br)c1OC(C)=O. The molecule has 10 heteroatoms. The van der Waals surface area contributed by atoms with Crippen LogP contribution in [0.4, 0.5) is 0 Å². The second-order valence-electron chi connectivity index (χ2n) is 6.26. The van der Waals surface area contributed by atoms with Crippen molar-refractivity contribution in [1.29, 1.82) is 0 Å². The van der Waals surface area contributed by atoms with Gasteiger partial charge < -0.3 is 18.9 Å². The van der Waals surface area contributed by atoms with Gasteiger partial charge in [-0.05, 0) is 73.7 Å². The molecule has 0 atom stereocenters. The van der Waals surface area contributed by atoms with Gasteiger partial charge in [0, 0.05) is 13.8 Å². The molecule has 0 radical (unpaired) electrons. The Morgan fingerprint density at radius 1 is 0.710 bits per heavy atom. The molecule has 0 heterocycles. The molecule has 0 aliphatic carbocycles. The Morgan fingerprint density at radius 2 is 1.06 bits per heavy atom. The second kappa shape index (κ2) is 10.5. The molecular formula is C21H18Br2O8. The highest BCUT2D eigenvalue weighted by molar-refractivity contribution is 9.11. The van der Waals surface area contributed by atoms with Crippen LogP contribution in [0.15, 0.2) is 33.2 Å². The van der Waals surface area contributed by atoms with Gasteiger partial charge in [0.25, 0.3) is 0 Å². The fraction of sp³-hybridized carbons (Fsp3) is 0.238. The van der Waals surface area contributed by atoms with Crippen molar-refractivity contribution in [3.63, 3.8) is 0 Å². The lowest BCUT2D eigenvalue weighted by Crippen LogP contribution is -2.11. The summed E-state index contributed by atoms with van der Waals surface area (Å²) in [4.78, 5) is 47.2. The van der Waals surface area contributed by atoms with E-state index in [-0.39, 0.29) is 29.0 Å². The van der Waals surface area contributed by atoms with Gasteiger partial charge in [-0.2, -0.15) is 0 Å². The van der Waals surface area contributed by atoms with E-state index in [1.165, 1.54) is 40.2 Å². The summed E-state index contributed by atoms with van der Waals surface area (Å²) in [5.74, 6) is -2.45. The van der Waals surface area contributed by atoms with Crippen molar-refractivity contribution in [2.75, 3.05) is 14.2 Å². The number of esters is 4. The third-order valence-electron chi connectivity index (χ3n) is 3.92. The van der Waals surface area contributed by atoms with Crippen LogP contribution < -0.4 is 9.47 Å². The lowest BCUT2D eigenvalue weighted by atomic mass is 10.00. The first-order valence-electron chi connectivity index (χ1n) is 8.75. The van der Waals surface area contributed by atoms with Gasteiger partial charge in [-0.25, -0.2) is 9.59 Å². The first kappa shape index (κ1) is 24.5. The molecule has 0 bridgehead atoms. The number of hydrogen-bond donors (Lipinski definition) is 0. The number of ether oxygens (including phenoxy) is 4. The third-order valence-corrected chi connectivity index (χ3v) is 5.10. The molecule has 0 aliphatic heterocycles. The van der Waals surface area contributed by atoms with Gasteiger partial charge in [0.05, 0.1) is 23.2 Å². The predicted octanol–water partition coefficient (Wildman–Crippen LogP) is 4.23. The van der Waals surface area contributed by atoms with Crippen LogP contribution in [0.1, 0.15) is 45.7 Å². The zero-order chi connectivity index (χ0) is 23.3. The minimum atomic E-state index is -0.680. The summed E-state index contributed by atoms with van der Waals surface area (Å²) in [5.41, 5.74) is 1.44. The maximum Gasteiger partial charge on any atom is 0.341 e. The van der Waals surface area contributed by atoms with Crippen LogP contribution in [-0.2, 0) is 25.5 Å². The van der Waals surface area contributed by atoms with Crippen LogP contribution in [0.5, 0.6) is 11.5 Å². The predicted molar refractivity (Wildman–Crippen MR) is 116 cm³/mol. The van der Waals surface area contributed by atoms with E-state index in [9.17, 15) is 19.2 Å². The molecule has 0 saturated heterocycles. The van der Waals surface area contributed by atoms with Crippen LogP contribution in [-0.4, -0.2) is 38.1 Å². The fourth-order valence-electron chi connectivity index (χ4n) is 2.76. The highest BCUT2D eigenvalue weighted by atomic mass is 79.9. The van der Waals surface area contributed by atoms with E-state index in [0.29, 0.717) is 20.1 Å². The number of rotatable bonds is 6. The van der Waals surface area contributed by atoms with Crippen LogP contribution in [0.2, 0.25) is 0 Å². The van der Waals surface area contributed by atoms with Crippen LogP contribution in [0.25, 0.3) is 0 Å². The Bertz CT molecular complexity index is 978. The molecule has 0 aromatic heterocycles. The average Bonchev–Trinajstić information content (AvgIpc) is 2.69. The van der Waals surface area contributed by atoms with Crippen molar-refractivity contribution in [3.05, 3.63) is 55.5 Å². The van der Waals surface area contributed by atoms with Crippen molar-refractivity contribution >= 4 is 55.7 Å². The van der Waals surface area contributed by atoms with Gasteiger partial charge >= 0.3 is 23.9 Å². The van der Waals surface area contributed by atoms with Gasteiger partial charge in [0.15, 0.2) is 11.5 Å². The highest BCUT2D eigenvalue weighted by Gasteiger charge is 2.22. The quantitative estimate of drug-likeness (QED) is 0.384. The van der Waals surface area contributed by atoms with E-state index in [4.69, 9.17) is 18.9 Å². The number of methoxy groups -OCH3 is 2. The number of hydrogen-bond acceptors (Lipinski definition) is 8. The molecule has 0 aliphatic rings. The van der Waals surface area contributed by atoms with Gasteiger partial charge in [0.1, 0.15) is 11.1 Å². The molecule has 0 fully saturated rings. The summed E-state index contributed by atoms with van der Waals surface area (Å²) >= 11 is 6.63. The van der Waals surface area contributed by atoms with Crippen LogP contribution in [0.3, 0.4) is 0 Å². The summed E-state index contributed by atoms with van der Waals surface area (Å²) in [6.07, 6.45) is 0.284. The standard InChI is InChI=1S/C21H18Br2O8/c1-10(24)30-18-14(20(26)28-3)6-12(8-16(18)22)5-13-7-15(21(27)29-4)19(17(23)9-13)31-11(2)25/h6-9H,5H2,1-4H3. The third kappa shape index (κ3) is 6.14. The first-order chi connectivity index (χ1) is 14.6. The zero-order valence-electron chi connectivity index (χ0n) is 17.0. The first-order valence-corrected chi connectivity index (χ1v) is 10.3. The molecule has 8 nitrogen and oxygen atoms in total. The summed E-state index contributed by atoms with van der Waals surface area (Å²) in [7, 11) is 2.43. The molecule has 2 aromatic rings. The summed E-state index contributed by atoms with van der Waals surface area (Å²) in [5, 5.41) is 0. The average molecular weight is 558 g/mol. The molecule has 0 saturated carbocycles. The van der Waals surface area contributed by atoms with Gasteiger partial charge in [-0.1, -0.05) is 0 Å². The lowest BCUT2D eigenvalue weighted by Gasteiger charge is -2.14. The number of carbonyl (C=O) groups is 4. The molecule has 2 rings (SSSR count). The molecule has 0 unspecified atom stereocenters. The number of carbonyl (C=O) groups excluding carboxylic acids is 4. The van der Waals surface area contributed by atoms with E-state index in [2.05, 4.69) is 31.9 Å². The Kier molecular flexibility index (Phi) is 8.35. The molecule has 0 amide bonds. The summed E-state index contributed by atoms with van der Waals surface area (Å²) in [6.45, 7) is 2.44. The molecule has 164 valence electrons. The smallest absolute Gasteiger partial charge is 0.341 e. The topological polar surface area (TPSA) is 105 Å². The van der Waals surface area contributed by atoms with E-state index in [0.717, 1.165) is 0 Å². The van der Waals surface area contributed by atoms with Crippen LogP contribution in [0, 0.1) is 0 Å². The summed E-state index contributed by atoms with van der Waals surface area (Å²) < 4.78 is 20.6. The largest absolute Gasteiger partial charge is 0.465 e. The maximum absolute atomic E-state index is 12.2. The maximum atomic E-state index is 12.2. The van der Waals surface area contributed by atoms with Gasteiger partial charge in [0.2, 0.25) is 0 Å². The molecular weight excluding hydrogens is 540 g/mol. The minimum Gasteiger partial charge on any atom is -0.465 e. The Hall–Kier alpha value is -2.72. The number of benzene rings is 2. The summed E-state index contributed by atoms with van der Waals surface area (Å²) in [6, 6.07) is 6.41. The normalized spacial score (nSPS) is 10.3. The molecule has 0 N–H and O–H groups in total. The van der Waals surface area contributed by atoms with Gasteiger partial charge in [-0.3, -0.25) is 9.59 Å². The Morgan fingerprint density at radius 3 is 1.35 bits per heavy atom. The minimum absolute atomic E-state index is 0.0461. The monoisotopic (exact) mass is 556 g/mol. The van der Waals surface area contributed by atoms with Crippen molar-refractivity contribution < 1.29 is 38.1 Å². The molecule has 2 aromatic carbocycles. The Balaban J connectivity index is 2.55. The van der Waals surface area contributed by atoms with E-state index < -0.39 is 23.9 Å². The highest BCUT2D eigenvalue weighted by Crippen LogP contribution is 2.35. The number of halogens is 2. The van der Waals surface area contributed by atoms with Crippen molar-refractivity contribution in [3.8, 4) is 11.5 Å². The lowest BCUT2D eigenvalue weighted by molar-refractivity contribution is -0.132. The van der Waals surface area contributed by atoms with Crippen molar-refractivity contribution in [2.24, 2.45) is 0 Å². The molecule has 0 spiro atoms. The van der Waals surface area contributed by atoms with Crippen molar-refractivity contribution in [1.82, 2.24) is 0 Å². The fourth-order valence-corrected chi connectivity index (χ4v) is 3.93. The Labute approximate surface area is 195 Å². The zero-order valence-corrected chi connectivity index (χ0v) is 20.2. The van der Waals surface area contributed by atoms with E-state index >= 15 is 0 Å². The molecule has 31 heavy (non-hydrogen) atoms. The van der Waals surface area contributed by atoms with Crippen LogP contribution >= 0.6 is 31.9 Å². The van der Waals surface area contributed by atoms with E-state index in [1.807, 2.05) is 0 Å². The van der Waals surface area contributed by atoms with E-state index in [1.54, 1.807) is 12.1 Å².